The fraction of sp³-hybridized carbons (Fsp3) is 0.500. The molecule has 0 fully saturated rings. The Labute approximate surface area is 121 Å². The molecule has 0 aliphatic rings. The number of hydrogen-bond acceptors (Lipinski definition) is 5. The zero-order valence-electron chi connectivity index (χ0n) is 11.6. The van der Waals surface area contributed by atoms with E-state index >= 15 is 0 Å². The van der Waals surface area contributed by atoms with Gasteiger partial charge in [0.25, 0.3) is 5.56 Å². The van der Waals surface area contributed by atoms with Crippen LogP contribution in [0.5, 0.6) is 0 Å². The van der Waals surface area contributed by atoms with Gasteiger partial charge in [-0.15, -0.1) is 0 Å². The lowest BCUT2D eigenvalue weighted by Crippen LogP contribution is -2.28. The first kappa shape index (κ1) is 14.6. The number of aromatic nitrogens is 5. The Morgan fingerprint density at radius 1 is 1.45 bits per heavy atom. The summed E-state index contributed by atoms with van der Waals surface area (Å²) in [7, 11) is 1.59. The molecule has 2 aromatic rings. The molecule has 7 nitrogen and oxygen atoms in total. The monoisotopic (exact) mass is 295 g/mol. The van der Waals surface area contributed by atoms with Crippen LogP contribution in [0.1, 0.15) is 25.5 Å². The Balaban J connectivity index is 2.57. The summed E-state index contributed by atoms with van der Waals surface area (Å²) in [5, 5.41) is 9.84. The number of methoxy groups -OCH3 is 1. The zero-order valence-corrected chi connectivity index (χ0v) is 12.5. The van der Waals surface area contributed by atoms with E-state index in [1.54, 1.807) is 13.2 Å². The lowest BCUT2D eigenvalue weighted by atomic mass is 10.1. The molecule has 0 aromatic carbocycles. The summed E-state index contributed by atoms with van der Waals surface area (Å²) in [4.78, 5) is 16.5. The van der Waals surface area contributed by atoms with Gasteiger partial charge < -0.3 is 4.74 Å². The summed E-state index contributed by atoms with van der Waals surface area (Å²) in [6.45, 7) is 4.85. The fourth-order valence-corrected chi connectivity index (χ4v) is 1.88. The maximum Gasteiger partial charge on any atom is 0.277 e. The number of nitrogens with one attached hydrogen (secondary N) is 2. The number of ether oxygens (including phenoxy) is 1. The maximum absolute atomic E-state index is 12.4. The van der Waals surface area contributed by atoms with Crippen molar-refractivity contribution < 1.29 is 4.74 Å². The van der Waals surface area contributed by atoms with E-state index in [2.05, 4.69) is 20.3 Å². The molecule has 2 heterocycles. The van der Waals surface area contributed by atoms with E-state index < -0.39 is 0 Å². The van der Waals surface area contributed by atoms with Gasteiger partial charge in [0.15, 0.2) is 5.82 Å². The Hall–Kier alpha value is -1.80. The molecule has 0 bridgehead atoms. The van der Waals surface area contributed by atoms with Crippen LogP contribution >= 0.6 is 12.2 Å². The minimum atomic E-state index is -0.218. The summed E-state index contributed by atoms with van der Waals surface area (Å²) in [5.74, 6) is 0.625. The molecule has 2 aromatic heterocycles. The largest absolute Gasteiger partial charge is 0.383 e. The molecule has 108 valence electrons. The van der Waals surface area contributed by atoms with E-state index in [9.17, 15) is 4.79 Å². The van der Waals surface area contributed by atoms with E-state index in [-0.39, 0.29) is 11.5 Å². The molecule has 0 saturated heterocycles. The second kappa shape index (κ2) is 6.10. The van der Waals surface area contributed by atoms with Gasteiger partial charge in [-0.05, 0) is 24.2 Å². The molecule has 0 atom stereocenters. The van der Waals surface area contributed by atoms with E-state index in [0.29, 0.717) is 29.3 Å². The average Bonchev–Trinajstić information content (AvgIpc) is 2.83. The van der Waals surface area contributed by atoms with Crippen molar-refractivity contribution in [1.82, 2.24) is 25.0 Å². The zero-order chi connectivity index (χ0) is 14.7. The molecule has 0 radical (unpaired) electrons. The first-order valence-electron chi connectivity index (χ1n) is 6.29. The third kappa shape index (κ3) is 3.02. The summed E-state index contributed by atoms with van der Waals surface area (Å²) >= 11 is 4.92. The normalized spacial score (nSPS) is 11.2. The molecular weight excluding hydrogens is 278 g/mol. The lowest BCUT2D eigenvalue weighted by Gasteiger charge is -2.11. The van der Waals surface area contributed by atoms with Crippen molar-refractivity contribution in [1.29, 1.82) is 0 Å². The summed E-state index contributed by atoms with van der Waals surface area (Å²) < 4.78 is 6.72. The van der Waals surface area contributed by atoms with Crippen molar-refractivity contribution in [2.45, 2.75) is 26.3 Å². The van der Waals surface area contributed by atoms with E-state index in [1.165, 1.54) is 4.68 Å². The molecule has 2 rings (SSSR count). The molecule has 0 unspecified atom stereocenters. The van der Waals surface area contributed by atoms with Gasteiger partial charge in [0.2, 0.25) is 4.77 Å². The number of H-pyrrole nitrogens is 2. The van der Waals surface area contributed by atoms with Gasteiger partial charge in [-0.3, -0.25) is 15.0 Å². The molecule has 0 amide bonds. The van der Waals surface area contributed by atoms with Crippen LogP contribution in [-0.2, 0) is 11.3 Å². The minimum Gasteiger partial charge on any atom is -0.383 e. The van der Waals surface area contributed by atoms with Crippen molar-refractivity contribution >= 4 is 12.2 Å². The molecule has 2 N–H and O–H groups in total. The summed E-state index contributed by atoms with van der Waals surface area (Å²) in [6.07, 6.45) is 0. The van der Waals surface area contributed by atoms with Gasteiger partial charge in [0, 0.05) is 7.11 Å². The highest BCUT2D eigenvalue weighted by Gasteiger charge is 2.14. The fourth-order valence-electron chi connectivity index (χ4n) is 1.74. The van der Waals surface area contributed by atoms with E-state index in [0.717, 1.165) is 5.69 Å². The molecular formula is C12H17N5O2S. The lowest BCUT2D eigenvalue weighted by molar-refractivity contribution is 0.181. The summed E-state index contributed by atoms with van der Waals surface area (Å²) in [5.41, 5.74) is 1.05. The number of rotatable bonds is 5. The van der Waals surface area contributed by atoms with Crippen molar-refractivity contribution in [3.05, 3.63) is 26.9 Å². The third-order valence-electron chi connectivity index (χ3n) is 2.85. The van der Waals surface area contributed by atoms with Crippen LogP contribution in [0, 0.1) is 4.77 Å². The van der Waals surface area contributed by atoms with Crippen LogP contribution in [0.3, 0.4) is 0 Å². The van der Waals surface area contributed by atoms with Gasteiger partial charge >= 0.3 is 0 Å². The van der Waals surface area contributed by atoms with Gasteiger partial charge in [0.05, 0.1) is 24.4 Å². The number of hydrogen-bond donors (Lipinski definition) is 2. The van der Waals surface area contributed by atoms with E-state index in [1.807, 2.05) is 13.8 Å². The smallest absolute Gasteiger partial charge is 0.277 e. The molecule has 0 saturated carbocycles. The van der Waals surface area contributed by atoms with Crippen LogP contribution in [0.25, 0.3) is 11.4 Å². The Bertz CT molecular complexity index is 700. The van der Waals surface area contributed by atoms with E-state index in [4.69, 9.17) is 17.0 Å². The average molecular weight is 295 g/mol. The van der Waals surface area contributed by atoms with Crippen LogP contribution in [0.2, 0.25) is 0 Å². The highest BCUT2D eigenvalue weighted by Crippen LogP contribution is 2.15. The molecule has 20 heavy (non-hydrogen) atoms. The van der Waals surface area contributed by atoms with Gasteiger partial charge in [0.1, 0.15) is 0 Å². The Morgan fingerprint density at radius 3 is 2.75 bits per heavy atom. The predicted octanol–water partition coefficient (Wildman–Crippen LogP) is 1.46. The van der Waals surface area contributed by atoms with Gasteiger partial charge in [-0.1, -0.05) is 13.8 Å². The van der Waals surface area contributed by atoms with Gasteiger partial charge in [-0.25, -0.2) is 4.68 Å². The first-order valence-corrected chi connectivity index (χ1v) is 6.69. The quantitative estimate of drug-likeness (QED) is 0.815. The van der Waals surface area contributed by atoms with Gasteiger partial charge in [-0.2, -0.15) is 10.1 Å². The molecule has 0 aliphatic heterocycles. The number of aromatic amines is 2. The van der Waals surface area contributed by atoms with Crippen LogP contribution < -0.4 is 5.56 Å². The number of nitrogens with zero attached hydrogens (tertiary/aromatic N) is 3. The van der Waals surface area contributed by atoms with Crippen molar-refractivity contribution in [3.63, 3.8) is 0 Å². The van der Waals surface area contributed by atoms with Crippen LogP contribution in [0.4, 0.5) is 0 Å². The highest BCUT2D eigenvalue weighted by molar-refractivity contribution is 7.71. The molecule has 0 spiro atoms. The second-order valence-electron chi connectivity index (χ2n) is 4.67. The maximum atomic E-state index is 12.4. The molecule has 8 heteroatoms. The minimum absolute atomic E-state index is 0.199. The highest BCUT2D eigenvalue weighted by atomic mass is 32.1. The molecule has 0 aliphatic carbocycles. The third-order valence-corrected chi connectivity index (χ3v) is 3.04. The second-order valence-corrected chi connectivity index (χ2v) is 5.06. The standard InChI is InChI=1S/C12H17N5O2S/c1-7(2)9-6-8(10-13-12(20)15-14-10)11(18)17(16-9)4-5-19-3/h6-7H,4-5H2,1-3H3,(H2,13,14,15,20). The Morgan fingerprint density at radius 2 is 2.20 bits per heavy atom. The van der Waals surface area contributed by atoms with Crippen molar-refractivity contribution in [3.8, 4) is 11.4 Å². The topological polar surface area (TPSA) is 88.6 Å². The van der Waals surface area contributed by atoms with Crippen molar-refractivity contribution in [2.24, 2.45) is 0 Å². The predicted molar refractivity (Wildman–Crippen MR) is 77.2 cm³/mol. The van der Waals surface area contributed by atoms with Crippen molar-refractivity contribution in [2.75, 3.05) is 13.7 Å². The summed E-state index contributed by atoms with van der Waals surface area (Å²) in [6, 6.07) is 1.75. The van der Waals surface area contributed by atoms with Crippen LogP contribution in [-0.4, -0.2) is 38.7 Å². The van der Waals surface area contributed by atoms with Crippen LogP contribution in [0.15, 0.2) is 10.9 Å². The first-order chi connectivity index (χ1) is 9.52. The SMILES string of the molecule is COCCn1nc(C(C)C)cc(-c2nc(=S)[nH][nH]2)c1=O. The Kier molecular flexibility index (Phi) is 4.46.